The smallest absolute Gasteiger partial charge is 0.224 e. The maximum Gasteiger partial charge on any atom is 0.224 e. The Balaban J connectivity index is 1.77. The molecule has 0 aliphatic rings. The number of anilines is 1. The van der Waals surface area contributed by atoms with Crippen LogP contribution in [-0.2, 0) is 17.6 Å². The van der Waals surface area contributed by atoms with Gasteiger partial charge in [-0.1, -0.05) is 26.0 Å². The summed E-state index contributed by atoms with van der Waals surface area (Å²) in [5.74, 6) is 0.0442. The normalized spacial score (nSPS) is 10.8. The third kappa shape index (κ3) is 6.13. The second-order valence-electron chi connectivity index (χ2n) is 5.88. The van der Waals surface area contributed by atoms with Gasteiger partial charge in [-0.15, -0.1) is 0 Å². The van der Waals surface area contributed by atoms with Crippen LogP contribution in [0.2, 0.25) is 0 Å². The summed E-state index contributed by atoms with van der Waals surface area (Å²) in [5.41, 5.74) is 3.30. The second-order valence-corrected chi connectivity index (χ2v) is 5.88. The first kappa shape index (κ1) is 18.1. The fourth-order valence-corrected chi connectivity index (χ4v) is 2.61. The van der Waals surface area contributed by atoms with E-state index in [4.69, 9.17) is 0 Å². The van der Waals surface area contributed by atoms with Crippen LogP contribution in [0.4, 0.5) is 5.69 Å². The van der Waals surface area contributed by atoms with Crippen molar-refractivity contribution in [2.45, 2.75) is 33.1 Å². The Morgan fingerprint density at radius 3 is 2.21 bits per heavy atom. The summed E-state index contributed by atoms with van der Waals surface area (Å²) in [6, 6.07) is 12.1. The molecule has 24 heavy (non-hydrogen) atoms. The first-order valence-electron chi connectivity index (χ1n) is 8.71. The lowest BCUT2D eigenvalue weighted by molar-refractivity contribution is -0.116. The summed E-state index contributed by atoms with van der Waals surface area (Å²) < 4.78 is 0. The number of aromatic nitrogens is 1. The average molecular weight is 325 g/mol. The van der Waals surface area contributed by atoms with E-state index in [0.29, 0.717) is 6.42 Å². The van der Waals surface area contributed by atoms with Gasteiger partial charge in [0.1, 0.15) is 0 Å². The van der Waals surface area contributed by atoms with Gasteiger partial charge in [0.2, 0.25) is 5.91 Å². The zero-order valence-electron chi connectivity index (χ0n) is 14.7. The maximum absolute atomic E-state index is 12.0. The van der Waals surface area contributed by atoms with Crippen LogP contribution in [0.1, 0.15) is 31.4 Å². The topological polar surface area (TPSA) is 45.2 Å². The molecule has 4 heteroatoms. The number of rotatable bonds is 9. The fourth-order valence-electron chi connectivity index (χ4n) is 2.61. The summed E-state index contributed by atoms with van der Waals surface area (Å²) >= 11 is 0. The number of carbonyl (C=O) groups is 1. The zero-order valence-corrected chi connectivity index (χ0v) is 14.7. The van der Waals surface area contributed by atoms with E-state index < -0.39 is 0 Å². The van der Waals surface area contributed by atoms with E-state index in [0.717, 1.165) is 43.7 Å². The lowest BCUT2D eigenvalue weighted by Crippen LogP contribution is -2.25. The van der Waals surface area contributed by atoms with Crippen molar-refractivity contribution < 1.29 is 4.79 Å². The van der Waals surface area contributed by atoms with Gasteiger partial charge in [-0.2, -0.15) is 0 Å². The van der Waals surface area contributed by atoms with Crippen LogP contribution in [0.15, 0.2) is 48.8 Å². The predicted octanol–water partition coefficient (Wildman–Crippen LogP) is 3.54. The van der Waals surface area contributed by atoms with Crippen LogP contribution in [-0.4, -0.2) is 35.4 Å². The monoisotopic (exact) mass is 325 g/mol. The van der Waals surface area contributed by atoms with Crippen LogP contribution >= 0.6 is 0 Å². The highest BCUT2D eigenvalue weighted by Gasteiger charge is 2.04. The number of hydrogen-bond donors (Lipinski definition) is 1. The largest absolute Gasteiger partial charge is 0.326 e. The number of carbonyl (C=O) groups excluding carboxylic acids is 1. The average Bonchev–Trinajstić information content (AvgIpc) is 2.63. The van der Waals surface area contributed by atoms with Gasteiger partial charge >= 0.3 is 0 Å². The van der Waals surface area contributed by atoms with Gasteiger partial charge in [0.15, 0.2) is 0 Å². The van der Waals surface area contributed by atoms with E-state index in [-0.39, 0.29) is 5.91 Å². The van der Waals surface area contributed by atoms with Gasteiger partial charge in [-0.3, -0.25) is 9.78 Å². The van der Waals surface area contributed by atoms with Crippen LogP contribution in [0, 0.1) is 0 Å². The molecule has 2 rings (SSSR count). The lowest BCUT2D eigenvalue weighted by atomic mass is 10.1. The van der Waals surface area contributed by atoms with E-state index in [9.17, 15) is 4.79 Å². The second kappa shape index (κ2) is 9.83. The molecule has 0 saturated heterocycles. The molecule has 0 fully saturated rings. The molecule has 1 heterocycles. The quantitative estimate of drug-likeness (QED) is 0.767. The Bertz CT molecular complexity index is 607. The minimum atomic E-state index is 0.0442. The molecule has 1 amide bonds. The minimum absolute atomic E-state index is 0.0442. The van der Waals surface area contributed by atoms with Crippen molar-refractivity contribution >= 4 is 11.6 Å². The third-order valence-corrected chi connectivity index (χ3v) is 4.24. The number of amides is 1. The van der Waals surface area contributed by atoms with Crippen molar-refractivity contribution in [1.29, 1.82) is 0 Å². The Morgan fingerprint density at radius 1 is 0.958 bits per heavy atom. The molecule has 0 radical (unpaired) electrons. The fraction of sp³-hybridized carbons (Fsp3) is 0.400. The maximum atomic E-state index is 12.0. The van der Waals surface area contributed by atoms with Crippen molar-refractivity contribution in [1.82, 2.24) is 9.88 Å². The van der Waals surface area contributed by atoms with Gasteiger partial charge in [0, 0.05) is 31.0 Å². The van der Waals surface area contributed by atoms with E-state index in [1.807, 2.05) is 24.3 Å². The van der Waals surface area contributed by atoms with E-state index in [1.54, 1.807) is 12.4 Å². The molecule has 2 aromatic rings. The molecule has 0 spiro atoms. The summed E-state index contributed by atoms with van der Waals surface area (Å²) in [6.45, 7) is 7.62. The van der Waals surface area contributed by atoms with Crippen LogP contribution < -0.4 is 5.32 Å². The Hall–Kier alpha value is -2.20. The van der Waals surface area contributed by atoms with E-state index in [2.05, 4.69) is 41.2 Å². The van der Waals surface area contributed by atoms with Crippen LogP contribution in [0.3, 0.4) is 0 Å². The number of nitrogens with zero attached hydrogens (tertiary/aromatic N) is 2. The summed E-state index contributed by atoms with van der Waals surface area (Å²) in [7, 11) is 0. The lowest BCUT2D eigenvalue weighted by Gasteiger charge is -2.17. The number of likely N-dealkylation sites (N-methyl/N-ethyl adjacent to an activating group) is 1. The highest BCUT2D eigenvalue weighted by atomic mass is 16.1. The molecule has 0 bridgehead atoms. The van der Waals surface area contributed by atoms with Gasteiger partial charge in [-0.25, -0.2) is 0 Å². The van der Waals surface area contributed by atoms with Gasteiger partial charge < -0.3 is 10.2 Å². The standard InChI is InChI=1S/C20H27N3O/c1-3-23(4-2)16-13-17-5-8-19(9-6-17)22-20(24)10-7-18-11-14-21-15-12-18/h5-6,8-9,11-12,14-15H,3-4,7,10,13,16H2,1-2H3,(H,22,24). The molecular weight excluding hydrogens is 298 g/mol. The number of nitrogens with one attached hydrogen (secondary N) is 1. The van der Waals surface area contributed by atoms with Gasteiger partial charge in [-0.05, 0) is 61.3 Å². The molecule has 4 nitrogen and oxygen atoms in total. The molecule has 1 aromatic heterocycles. The molecular formula is C20H27N3O. The first-order chi connectivity index (χ1) is 11.7. The summed E-state index contributed by atoms with van der Waals surface area (Å²) in [6.07, 6.45) is 5.76. The van der Waals surface area contributed by atoms with E-state index in [1.165, 1.54) is 5.56 Å². The molecule has 1 aromatic carbocycles. The van der Waals surface area contributed by atoms with Crippen molar-refractivity contribution in [2.24, 2.45) is 0 Å². The SMILES string of the molecule is CCN(CC)CCc1ccc(NC(=O)CCc2ccncc2)cc1. The molecule has 128 valence electrons. The first-order valence-corrected chi connectivity index (χ1v) is 8.71. The number of benzene rings is 1. The van der Waals surface area contributed by atoms with Gasteiger partial charge in [0.05, 0.1) is 0 Å². The molecule has 0 atom stereocenters. The zero-order chi connectivity index (χ0) is 17.2. The Morgan fingerprint density at radius 2 is 1.58 bits per heavy atom. The van der Waals surface area contributed by atoms with Crippen molar-refractivity contribution in [3.05, 3.63) is 59.9 Å². The molecule has 1 N–H and O–H groups in total. The molecule has 0 aliphatic heterocycles. The summed E-state index contributed by atoms with van der Waals surface area (Å²) in [5, 5.41) is 2.96. The number of hydrogen-bond acceptors (Lipinski definition) is 3. The highest BCUT2D eigenvalue weighted by Crippen LogP contribution is 2.11. The van der Waals surface area contributed by atoms with Gasteiger partial charge in [0.25, 0.3) is 0 Å². The number of pyridine rings is 1. The van der Waals surface area contributed by atoms with Crippen molar-refractivity contribution in [3.8, 4) is 0 Å². The number of aryl methyl sites for hydroxylation is 1. The molecule has 0 aliphatic carbocycles. The summed E-state index contributed by atoms with van der Waals surface area (Å²) in [4.78, 5) is 18.4. The molecule has 0 unspecified atom stereocenters. The highest BCUT2D eigenvalue weighted by molar-refractivity contribution is 5.90. The Kier molecular flexibility index (Phi) is 7.43. The molecule has 0 saturated carbocycles. The van der Waals surface area contributed by atoms with Crippen LogP contribution in [0.5, 0.6) is 0 Å². The van der Waals surface area contributed by atoms with E-state index >= 15 is 0 Å². The third-order valence-electron chi connectivity index (χ3n) is 4.24. The predicted molar refractivity (Wildman–Crippen MR) is 99.1 cm³/mol. The van der Waals surface area contributed by atoms with Crippen molar-refractivity contribution in [2.75, 3.05) is 25.0 Å². The van der Waals surface area contributed by atoms with Crippen LogP contribution in [0.25, 0.3) is 0 Å². The van der Waals surface area contributed by atoms with Crippen molar-refractivity contribution in [3.63, 3.8) is 0 Å². The Labute approximate surface area is 144 Å². The minimum Gasteiger partial charge on any atom is -0.326 e.